The van der Waals surface area contributed by atoms with Gasteiger partial charge in [0.15, 0.2) is 0 Å². The van der Waals surface area contributed by atoms with Crippen molar-refractivity contribution in [3.63, 3.8) is 0 Å². The third-order valence-corrected chi connectivity index (χ3v) is 4.22. The normalized spacial score (nSPS) is 23.6. The third kappa shape index (κ3) is 5.11. The van der Waals surface area contributed by atoms with E-state index in [1.54, 1.807) is 0 Å². The van der Waals surface area contributed by atoms with Crippen LogP contribution in [-0.2, 0) is 4.79 Å². The van der Waals surface area contributed by atoms with Crippen molar-refractivity contribution < 1.29 is 4.79 Å². The van der Waals surface area contributed by atoms with Crippen molar-refractivity contribution in [2.75, 3.05) is 26.2 Å². The number of hydrogen-bond donors (Lipinski definition) is 1. The number of nitrogens with two attached hydrogens (primary N) is 1. The highest BCUT2D eigenvalue weighted by Crippen LogP contribution is 2.22. The van der Waals surface area contributed by atoms with Crippen molar-refractivity contribution in [1.82, 2.24) is 9.80 Å². The molecule has 0 radical (unpaired) electrons. The Hall–Kier alpha value is -0.610. The Balaban J connectivity index is 2.54. The zero-order valence-electron chi connectivity index (χ0n) is 12.9. The van der Waals surface area contributed by atoms with E-state index >= 15 is 0 Å². The fraction of sp³-hybridized carbons (Fsp3) is 0.933. The largest absolute Gasteiger partial charge is 0.342 e. The maximum Gasteiger partial charge on any atom is 0.236 e. The third-order valence-electron chi connectivity index (χ3n) is 4.22. The molecule has 0 aromatic rings. The molecule has 4 nitrogen and oxygen atoms in total. The molecule has 1 fully saturated rings. The number of hydrogen-bond acceptors (Lipinski definition) is 3. The van der Waals surface area contributed by atoms with Crippen LogP contribution in [0.1, 0.15) is 52.9 Å². The van der Waals surface area contributed by atoms with E-state index in [0.717, 1.165) is 51.7 Å². The van der Waals surface area contributed by atoms with Gasteiger partial charge in [-0.05, 0) is 52.5 Å². The molecular weight excluding hydrogens is 238 g/mol. The first-order chi connectivity index (χ1) is 9.12. The van der Waals surface area contributed by atoms with Crippen molar-refractivity contribution in [2.45, 2.75) is 65.0 Å². The molecule has 0 aromatic carbocycles. The molecule has 0 saturated heterocycles. The van der Waals surface area contributed by atoms with Crippen molar-refractivity contribution >= 4 is 5.91 Å². The predicted molar refractivity (Wildman–Crippen MR) is 80.0 cm³/mol. The molecule has 1 rings (SSSR count). The van der Waals surface area contributed by atoms with E-state index in [4.69, 9.17) is 5.73 Å². The van der Waals surface area contributed by atoms with Crippen LogP contribution in [-0.4, -0.2) is 54.0 Å². The summed E-state index contributed by atoms with van der Waals surface area (Å²) in [7, 11) is 0. The molecule has 0 unspecified atom stereocenters. The zero-order valence-corrected chi connectivity index (χ0v) is 12.9. The Morgan fingerprint density at radius 1 is 1.11 bits per heavy atom. The predicted octanol–water partition coefficient (Wildman–Crippen LogP) is 1.84. The van der Waals surface area contributed by atoms with Crippen LogP contribution in [0, 0.1) is 0 Å². The molecule has 0 heterocycles. The fourth-order valence-electron chi connectivity index (χ4n) is 2.99. The van der Waals surface area contributed by atoms with Gasteiger partial charge in [-0.25, -0.2) is 0 Å². The van der Waals surface area contributed by atoms with Gasteiger partial charge in [0.1, 0.15) is 0 Å². The number of likely N-dealkylation sites (N-methyl/N-ethyl adjacent to an activating group) is 1. The molecule has 0 spiro atoms. The average Bonchev–Trinajstić information content (AvgIpc) is 2.40. The Morgan fingerprint density at radius 3 is 2.16 bits per heavy atom. The first kappa shape index (κ1) is 16.4. The lowest BCUT2D eigenvalue weighted by molar-refractivity contribution is -0.132. The molecule has 4 heteroatoms. The second-order valence-corrected chi connectivity index (χ2v) is 5.61. The Bertz CT molecular complexity index is 258. The highest BCUT2D eigenvalue weighted by Gasteiger charge is 2.26. The lowest BCUT2D eigenvalue weighted by atomic mass is 9.90. The number of nitrogens with zero attached hydrogens (tertiary/aromatic N) is 2. The summed E-state index contributed by atoms with van der Waals surface area (Å²) in [6.45, 7) is 9.50. The van der Waals surface area contributed by atoms with Gasteiger partial charge < -0.3 is 10.6 Å². The molecular formula is C15H31N3O. The molecule has 19 heavy (non-hydrogen) atoms. The van der Waals surface area contributed by atoms with Crippen LogP contribution in [0.15, 0.2) is 0 Å². The summed E-state index contributed by atoms with van der Waals surface area (Å²) in [5.74, 6) is 0.272. The summed E-state index contributed by atoms with van der Waals surface area (Å²) in [6.07, 6.45) is 5.60. The summed E-state index contributed by atoms with van der Waals surface area (Å²) < 4.78 is 0. The van der Waals surface area contributed by atoms with Crippen molar-refractivity contribution in [3.8, 4) is 0 Å². The highest BCUT2D eigenvalue weighted by molar-refractivity contribution is 5.78. The van der Waals surface area contributed by atoms with Gasteiger partial charge >= 0.3 is 0 Å². The average molecular weight is 269 g/mol. The van der Waals surface area contributed by atoms with Gasteiger partial charge in [-0.1, -0.05) is 6.92 Å². The van der Waals surface area contributed by atoms with Crippen LogP contribution in [0.2, 0.25) is 0 Å². The van der Waals surface area contributed by atoms with Gasteiger partial charge in [0, 0.05) is 25.2 Å². The van der Waals surface area contributed by atoms with Crippen LogP contribution in [0.3, 0.4) is 0 Å². The molecule has 1 aliphatic rings. The summed E-state index contributed by atoms with van der Waals surface area (Å²) in [4.78, 5) is 16.6. The number of carbonyl (C=O) groups is 1. The summed E-state index contributed by atoms with van der Waals surface area (Å²) in [6, 6.07) is 0.928. The van der Waals surface area contributed by atoms with Gasteiger partial charge in [0.05, 0.1) is 6.54 Å². The molecule has 0 aliphatic heterocycles. The standard InChI is InChI=1S/C15H31N3O/c1-4-11-18(12-15(19)17(5-2)6-3)14-9-7-13(16)8-10-14/h13-14H,4-12,16H2,1-3H3. The highest BCUT2D eigenvalue weighted by atomic mass is 16.2. The summed E-state index contributed by atoms with van der Waals surface area (Å²) in [5, 5.41) is 0. The van der Waals surface area contributed by atoms with E-state index in [2.05, 4.69) is 11.8 Å². The second-order valence-electron chi connectivity index (χ2n) is 5.61. The molecule has 1 aliphatic carbocycles. The van der Waals surface area contributed by atoms with Crippen LogP contribution < -0.4 is 5.73 Å². The van der Waals surface area contributed by atoms with Gasteiger partial charge in [0.2, 0.25) is 5.91 Å². The summed E-state index contributed by atoms with van der Waals surface area (Å²) in [5.41, 5.74) is 5.97. The molecule has 0 aromatic heterocycles. The maximum atomic E-state index is 12.3. The Labute approximate surface area is 118 Å². The lowest BCUT2D eigenvalue weighted by Gasteiger charge is -2.36. The van der Waals surface area contributed by atoms with Gasteiger partial charge in [-0.15, -0.1) is 0 Å². The first-order valence-corrected chi connectivity index (χ1v) is 7.89. The molecule has 1 amide bonds. The summed E-state index contributed by atoms with van der Waals surface area (Å²) >= 11 is 0. The van der Waals surface area contributed by atoms with E-state index in [9.17, 15) is 4.79 Å². The van der Waals surface area contributed by atoms with Crippen molar-refractivity contribution in [2.24, 2.45) is 5.73 Å². The van der Waals surface area contributed by atoms with Gasteiger partial charge in [0.25, 0.3) is 0 Å². The van der Waals surface area contributed by atoms with Gasteiger partial charge in [-0.3, -0.25) is 9.69 Å². The fourth-order valence-corrected chi connectivity index (χ4v) is 2.99. The van der Waals surface area contributed by atoms with E-state index in [1.165, 1.54) is 0 Å². The molecule has 2 N–H and O–H groups in total. The number of amides is 1. The van der Waals surface area contributed by atoms with Crippen molar-refractivity contribution in [1.29, 1.82) is 0 Å². The minimum atomic E-state index is 0.272. The topological polar surface area (TPSA) is 49.6 Å². The molecule has 0 atom stereocenters. The minimum absolute atomic E-state index is 0.272. The molecule has 112 valence electrons. The Kier molecular flexibility index (Phi) is 7.39. The maximum absolute atomic E-state index is 12.3. The SMILES string of the molecule is CCCN(CC(=O)N(CC)CC)C1CCC(N)CC1. The van der Waals surface area contributed by atoms with Crippen LogP contribution in [0.25, 0.3) is 0 Å². The zero-order chi connectivity index (χ0) is 14.3. The van der Waals surface area contributed by atoms with E-state index in [0.29, 0.717) is 18.6 Å². The smallest absolute Gasteiger partial charge is 0.236 e. The minimum Gasteiger partial charge on any atom is -0.342 e. The molecule has 1 saturated carbocycles. The quantitative estimate of drug-likeness (QED) is 0.767. The van der Waals surface area contributed by atoms with E-state index in [1.807, 2.05) is 18.7 Å². The van der Waals surface area contributed by atoms with E-state index < -0.39 is 0 Å². The lowest BCUT2D eigenvalue weighted by Crippen LogP contribution is -2.47. The van der Waals surface area contributed by atoms with Crippen molar-refractivity contribution in [3.05, 3.63) is 0 Å². The van der Waals surface area contributed by atoms with Gasteiger partial charge in [-0.2, -0.15) is 0 Å². The van der Waals surface area contributed by atoms with Crippen LogP contribution >= 0.6 is 0 Å². The van der Waals surface area contributed by atoms with Crippen LogP contribution in [0.5, 0.6) is 0 Å². The number of carbonyl (C=O) groups excluding carboxylic acids is 1. The number of rotatable bonds is 7. The monoisotopic (exact) mass is 269 g/mol. The molecule has 0 bridgehead atoms. The Morgan fingerprint density at radius 2 is 1.68 bits per heavy atom. The van der Waals surface area contributed by atoms with E-state index in [-0.39, 0.29) is 5.91 Å². The van der Waals surface area contributed by atoms with Crippen LogP contribution in [0.4, 0.5) is 0 Å². The second kappa shape index (κ2) is 8.54. The first-order valence-electron chi connectivity index (χ1n) is 7.89.